The molecule has 0 unspecified atom stereocenters. The topological polar surface area (TPSA) is 18.5 Å². The summed E-state index contributed by atoms with van der Waals surface area (Å²) in [5, 5.41) is 3.42. The van der Waals surface area contributed by atoms with Crippen molar-refractivity contribution in [3.8, 4) is 0 Å². The van der Waals surface area contributed by atoms with E-state index in [9.17, 15) is 0 Å². The zero-order chi connectivity index (χ0) is 11.2. The summed E-state index contributed by atoms with van der Waals surface area (Å²) in [6.45, 7) is 8.84. The molecule has 0 radical (unpaired) electrons. The highest BCUT2D eigenvalue weighted by Gasteiger charge is 2.31. The molecule has 2 aliphatic heterocycles. The lowest BCUT2D eigenvalue weighted by Gasteiger charge is -2.47. The first kappa shape index (κ1) is 12.7. The summed E-state index contributed by atoms with van der Waals surface area (Å²) >= 11 is 1.97. The van der Waals surface area contributed by atoms with Crippen LogP contribution >= 0.6 is 11.8 Å². The number of hydrogen-bond donors (Lipinski definition) is 1. The molecule has 0 saturated carbocycles. The summed E-state index contributed by atoms with van der Waals surface area (Å²) < 4.78 is 0. The maximum absolute atomic E-state index is 3.42. The van der Waals surface area contributed by atoms with Gasteiger partial charge in [-0.25, -0.2) is 0 Å². The minimum atomic E-state index is 0.864. The highest BCUT2D eigenvalue weighted by Crippen LogP contribution is 2.16. The first-order chi connectivity index (χ1) is 7.90. The molecule has 0 aromatic heterocycles. The van der Waals surface area contributed by atoms with Crippen LogP contribution in [-0.4, -0.2) is 73.7 Å². The van der Waals surface area contributed by atoms with Gasteiger partial charge in [0.05, 0.1) is 0 Å². The van der Waals surface area contributed by atoms with Crippen LogP contribution in [0.25, 0.3) is 0 Å². The fraction of sp³-hybridized carbons (Fsp3) is 1.00. The van der Waals surface area contributed by atoms with Crippen molar-refractivity contribution in [1.29, 1.82) is 0 Å². The van der Waals surface area contributed by atoms with Crippen molar-refractivity contribution in [3.63, 3.8) is 0 Å². The second kappa shape index (κ2) is 6.84. The van der Waals surface area contributed by atoms with E-state index in [4.69, 9.17) is 0 Å². The van der Waals surface area contributed by atoms with Crippen LogP contribution in [0.1, 0.15) is 12.8 Å². The Morgan fingerprint density at radius 2 is 1.94 bits per heavy atom. The molecule has 2 rings (SSSR count). The molecule has 94 valence electrons. The maximum atomic E-state index is 3.42. The summed E-state index contributed by atoms with van der Waals surface area (Å²) in [5.74, 6) is 1.33. The molecule has 1 N–H and O–H groups in total. The molecule has 2 aliphatic rings. The van der Waals surface area contributed by atoms with Crippen LogP contribution in [0, 0.1) is 0 Å². The maximum Gasteiger partial charge on any atom is 0.0351 e. The summed E-state index contributed by atoms with van der Waals surface area (Å²) in [6.07, 6.45) is 4.97. The van der Waals surface area contributed by atoms with Gasteiger partial charge in [0.25, 0.3) is 0 Å². The van der Waals surface area contributed by atoms with E-state index >= 15 is 0 Å². The van der Waals surface area contributed by atoms with Crippen molar-refractivity contribution in [1.82, 2.24) is 15.1 Å². The van der Waals surface area contributed by atoms with Gasteiger partial charge in [-0.3, -0.25) is 4.90 Å². The summed E-state index contributed by atoms with van der Waals surface area (Å²) in [7, 11) is 0. The van der Waals surface area contributed by atoms with Crippen LogP contribution in [0.3, 0.4) is 0 Å². The Balaban J connectivity index is 1.51. The van der Waals surface area contributed by atoms with Crippen molar-refractivity contribution in [2.75, 3.05) is 57.8 Å². The minimum absolute atomic E-state index is 0.864. The fourth-order valence-electron chi connectivity index (χ4n) is 2.59. The molecule has 3 nitrogen and oxygen atoms in total. The smallest absolute Gasteiger partial charge is 0.0351 e. The Morgan fingerprint density at radius 3 is 2.62 bits per heavy atom. The molecule has 0 bridgehead atoms. The van der Waals surface area contributed by atoms with Crippen molar-refractivity contribution < 1.29 is 0 Å². The SMILES string of the molecule is CSCCCCN1CC(N2CCNCC2)C1. The Labute approximate surface area is 104 Å². The number of rotatable bonds is 6. The van der Waals surface area contributed by atoms with Crippen LogP contribution in [0.4, 0.5) is 0 Å². The lowest BCUT2D eigenvalue weighted by molar-refractivity contribution is 0.0268. The third-order valence-electron chi connectivity index (χ3n) is 3.68. The van der Waals surface area contributed by atoms with Crippen LogP contribution in [0.2, 0.25) is 0 Å². The zero-order valence-electron chi connectivity index (χ0n) is 10.5. The van der Waals surface area contributed by atoms with Crippen molar-refractivity contribution in [3.05, 3.63) is 0 Å². The molecule has 2 heterocycles. The van der Waals surface area contributed by atoms with E-state index < -0.39 is 0 Å². The van der Waals surface area contributed by atoms with Crippen LogP contribution < -0.4 is 5.32 Å². The molecular formula is C12H25N3S. The number of hydrogen-bond acceptors (Lipinski definition) is 4. The number of unbranched alkanes of at least 4 members (excludes halogenated alkanes) is 1. The van der Waals surface area contributed by atoms with Crippen LogP contribution in [-0.2, 0) is 0 Å². The second-order valence-corrected chi connectivity index (χ2v) is 5.88. The molecule has 2 saturated heterocycles. The van der Waals surface area contributed by atoms with E-state index in [0.717, 1.165) is 6.04 Å². The van der Waals surface area contributed by atoms with Crippen LogP contribution in [0.5, 0.6) is 0 Å². The van der Waals surface area contributed by atoms with Gasteiger partial charge in [0.15, 0.2) is 0 Å². The monoisotopic (exact) mass is 243 g/mol. The fourth-order valence-corrected chi connectivity index (χ4v) is 3.08. The molecule has 0 spiro atoms. The molecule has 0 amide bonds. The average molecular weight is 243 g/mol. The molecule has 2 fully saturated rings. The lowest BCUT2D eigenvalue weighted by atomic mass is 10.1. The first-order valence-electron chi connectivity index (χ1n) is 6.56. The highest BCUT2D eigenvalue weighted by molar-refractivity contribution is 7.98. The Hall–Kier alpha value is 0.230. The Bertz CT molecular complexity index is 189. The highest BCUT2D eigenvalue weighted by atomic mass is 32.2. The first-order valence-corrected chi connectivity index (χ1v) is 7.95. The predicted octanol–water partition coefficient (Wildman–Crippen LogP) is 0.719. The summed E-state index contributed by atoms with van der Waals surface area (Å²) in [5.41, 5.74) is 0. The number of likely N-dealkylation sites (tertiary alicyclic amines) is 1. The van der Waals surface area contributed by atoms with E-state index in [-0.39, 0.29) is 0 Å². The second-order valence-electron chi connectivity index (χ2n) is 4.90. The average Bonchev–Trinajstić information content (AvgIpc) is 2.28. The molecule has 0 aromatic carbocycles. The van der Waals surface area contributed by atoms with Gasteiger partial charge in [0, 0.05) is 45.3 Å². The standard InChI is InChI=1S/C12H25N3S/c1-16-9-3-2-6-14-10-12(11-14)15-7-4-13-5-8-15/h12-13H,2-11H2,1H3. The van der Waals surface area contributed by atoms with Crippen molar-refractivity contribution in [2.24, 2.45) is 0 Å². The van der Waals surface area contributed by atoms with Crippen LogP contribution in [0.15, 0.2) is 0 Å². The van der Waals surface area contributed by atoms with Gasteiger partial charge >= 0.3 is 0 Å². The largest absolute Gasteiger partial charge is 0.314 e. The number of piperazine rings is 1. The van der Waals surface area contributed by atoms with Gasteiger partial charge in [-0.2, -0.15) is 11.8 Å². The van der Waals surface area contributed by atoms with Gasteiger partial charge in [0.1, 0.15) is 0 Å². The van der Waals surface area contributed by atoms with Gasteiger partial charge in [-0.15, -0.1) is 0 Å². The minimum Gasteiger partial charge on any atom is -0.314 e. The summed E-state index contributed by atoms with van der Waals surface area (Å²) in [6, 6.07) is 0.864. The van der Waals surface area contributed by atoms with E-state index in [1.165, 1.54) is 64.4 Å². The van der Waals surface area contributed by atoms with Gasteiger partial charge in [-0.05, 0) is 31.4 Å². The van der Waals surface area contributed by atoms with E-state index in [2.05, 4.69) is 21.4 Å². The molecule has 0 atom stereocenters. The third-order valence-corrected chi connectivity index (χ3v) is 4.38. The zero-order valence-corrected chi connectivity index (χ0v) is 11.3. The number of thioether (sulfide) groups is 1. The summed E-state index contributed by atoms with van der Waals surface area (Å²) in [4.78, 5) is 5.28. The molecule has 0 aromatic rings. The third kappa shape index (κ3) is 3.62. The number of nitrogens with one attached hydrogen (secondary N) is 1. The number of nitrogens with zero attached hydrogens (tertiary/aromatic N) is 2. The van der Waals surface area contributed by atoms with Gasteiger partial charge in [0.2, 0.25) is 0 Å². The van der Waals surface area contributed by atoms with E-state index in [1.807, 2.05) is 11.8 Å². The quantitative estimate of drug-likeness (QED) is 0.693. The normalized spacial score (nSPS) is 24.6. The Morgan fingerprint density at radius 1 is 1.19 bits per heavy atom. The molecular weight excluding hydrogens is 218 g/mol. The predicted molar refractivity (Wildman–Crippen MR) is 72.3 cm³/mol. The van der Waals surface area contributed by atoms with Gasteiger partial charge in [-0.1, -0.05) is 0 Å². The van der Waals surface area contributed by atoms with E-state index in [0.29, 0.717) is 0 Å². The molecule has 16 heavy (non-hydrogen) atoms. The lowest BCUT2D eigenvalue weighted by Crippen LogP contribution is -2.62. The molecule has 0 aliphatic carbocycles. The van der Waals surface area contributed by atoms with Gasteiger partial charge < -0.3 is 10.2 Å². The van der Waals surface area contributed by atoms with Crippen molar-refractivity contribution >= 4 is 11.8 Å². The molecule has 4 heteroatoms. The Kier molecular flexibility index (Phi) is 5.42. The van der Waals surface area contributed by atoms with E-state index in [1.54, 1.807) is 0 Å². The van der Waals surface area contributed by atoms with Crippen molar-refractivity contribution in [2.45, 2.75) is 18.9 Å².